The molecule has 0 spiro atoms. The number of hydrogen-bond acceptors (Lipinski definition) is 5. The zero-order chi connectivity index (χ0) is 19.6. The monoisotopic (exact) mass is 406 g/mol. The second kappa shape index (κ2) is 8.41. The highest BCUT2D eigenvalue weighted by Crippen LogP contribution is 2.30. The molecule has 5 rings (SSSR count). The smallest absolute Gasteiger partial charge is 0.207 e. The van der Waals surface area contributed by atoms with Crippen LogP contribution < -0.4 is 0 Å². The number of rotatable bonds is 4. The van der Waals surface area contributed by atoms with Crippen molar-refractivity contribution in [2.75, 3.05) is 39.3 Å². The van der Waals surface area contributed by atoms with E-state index in [1.54, 1.807) is 0 Å². The van der Waals surface area contributed by atoms with Gasteiger partial charge in [0.15, 0.2) is 0 Å². The highest BCUT2D eigenvalue weighted by molar-refractivity contribution is 7.97. The lowest BCUT2D eigenvalue weighted by molar-refractivity contribution is 0.0835. The minimum atomic E-state index is 0.861. The normalized spacial score (nSPS) is 20.7. The summed E-state index contributed by atoms with van der Waals surface area (Å²) in [7, 11) is 0. The molecule has 5 heteroatoms. The van der Waals surface area contributed by atoms with E-state index < -0.39 is 0 Å². The number of aliphatic imine (C=N–C) groups is 1. The predicted octanol–water partition coefficient (Wildman–Crippen LogP) is 4.51. The average molecular weight is 407 g/mol. The Morgan fingerprint density at radius 1 is 0.897 bits per heavy atom. The van der Waals surface area contributed by atoms with Crippen LogP contribution >= 0.6 is 11.9 Å². The Hall–Kier alpha value is -1.98. The molecular formula is C24H30N4S. The van der Waals surface area contributed by atoms with Crippen LogP contribution in [0.4, 0.5) is 0 Å². The highest BCUT2D eigenvalue weighted by atomic mass is 32.2. The molecule has 0 amide bonds. The third-order valence-corrected chi connectivity index (χ3v) is 7.44. The lowest BCUT2D eigenvalue weighted by Gasteiger charge is -2.44. The van der Waals surface area contributed by atoms with Crippen molar-refractivity contribution in [3.05, 3.63) is 54.1 Å². The maximum atomic E-state index is 4.84. The largest absolute Gasteiger partial charge is 0.340 e. The predicted molar refractivity (Wildman–Crippen MR) is 122 cm³/mol. The molecule has 0 atom stereocenters. The van der Waals surface area contributed by atoms with E-state index >= 15 is 0 Å². The summed E-state index contributed by atoms with van der Waals surface area (Å²) in [6.45, 7) is 8.65. The van der Waals surface area contributed by atoms with Gasteiger partial charge in [-0.1, -0.05) is 48.4 Å². The van der Waals surface area contributed by atoms with Crippen molar-refractivity contribution in [3.63, 3.8) is 0 Å². The van der Waals surface area contributed by atoms with Gasteiger partial charge in [-0.3, -0.25) is 14.2 Å². The summed E-state index contributed by atoms with van der Waals surface area (Å²) < 4.78 is 2.39. The summed E-state index contributed by atoms with van der Waals surface area (Å²) in [4.78, 5) is 11.3. The van der Waals surface area contributed by atoms with Crippen molar-refractivity contribution in [2.24, 2.45) is 4.99 Å². The lowest BCUT2D eigenvalue weighted by atomic mass is 9.91. The molecule has 29 heavy (non-hydrogen) atoms. The number of benzene rings is 2. The molecule has 2 heterocycles. The number of piperazine rings is 1. The van der Waals surface area contributed by atoms with Crippen LogP contribution in [0.5, 0.6) is 0 Å². The molecule has 2 aliphatic heterocycles. The van der Waals surface area contributed by atoms with Gasteiger partial charge in [0, 0.05) is 37.1 Å². The Labute approximate surface area is 178 Å². The highest BCUT2D eigenvalue weighted by Gasteiger charge is 2.31. The topological polar surface area (TPSA) is 22.1 Å². The molecule has 4 nitrogen and oxygen atoms in total. The Balaban J connectivity index is 1.21. The minimum Gasteiger partial charge on any atom is -0.340 e. The molecule has 1 aliphatic carbocycles. The van der Waals surface area contributed by atoms with E-state index in [1.165, 1.54) is 59.9 Å². The molecular weight excluding hydrogens is 376 g/mol. The molecule has 0 radical (unpaired) electrons. The van der Waals surface area contributed by atoms with Crippen molar-refractivity contribution in [3.8, 4) is 11.1 Å². The minimum absolute atomic E-state index is 0.861. The van der Waals surface area contributed by atoms with E-state index in [0.717, 1.165) is 32.2 Å². The van der Waals surface area contributed by atoms with E-state index in [2.05, 4.69) is 69.6 Å². The molecule has 1 saturated carbocycles. The van der Waals surface area contributed by atoms with E-state index in [-0.39, 0.29) is 0 Å². The first-order valence-electron chi connectivity index (χ1n) is 10.9. The molecule has 0 N–H and O–H groups in total. The zero-order valence-electron chi connectivity index (χ0n) is 17.3. The van der Waals surface area contributed by atoms with Gasteiger partial charge in [0.2, 0.25) is 5.96 Å². The van der Waals surface area contributed by atoms with Crippen LogP contribution in [-0.4, -0.2) is 65.4 Å². The van der Waals surface area contributed by atoms with Crippen LogP contribution in [-0.2, 0) is 0 Å². The zero-order valence-corrected chi connectivity index (χ0v) is 18.1. The fraction of sp³-hybridized carbons (Fsp3) is 0.458. The van der Waals surface area contributed by atoms with Crippen molar-refractivity contribution in [2.45, 2.75) is 37.1 Å². The summed E-state index contributed by atoms with van der Waals surface area (Å²) in [6, 6.07) is 18.5. The van der Waals surface area contributed by atoms with Gasteiger partial charge in [0.1, 0.15) is 0 Å². The molecule has 0 aromatic heterocycles. The standard InChI is InChI=1S/C24H30N4S/c1-19-4-2-5-21(18-19)20-8-10-23(11-9-20)29-28-13-12-25-24(28)27-16-14-26(15-17-27)22-6-3-7-22/h2,4-5,8-11,18,22H,3,6-7,12-17H2,1H3. The fourth-order valence-electron chi connectivity index (χ4n) is 4.46. The Morgan fingerprint density at radius 2 is 1.69 bits per heavy atom. The van der Waals surface area contributed by atoms with Gasteiger partial charge in [0.25, 0.3) is 0 Å². The van der Waals surface area contributed by atoms with Gasteiger partial charge in [-0.2, -0.15) is 0 Å². The molecule has 152 valence electrons. The van der Waals surface area contributed by atoms with Gasteiger partial charge in [-0.15, -0.1) is 0 Å². The van der Waals surface area contributed by atoms with Crippen molar-refractivity contribution in [1.82, 2.24) is 14.1 Å². The van der Waals surface area contributed by atoms with Gasteiger partial charge < -0.3 is 4.90 Å². The summed E-state index contributed by atoms with van der Waals surface area (Å²) in [5, 5.41) is 0. The second-order valence-corrected chi connectivity index (χ2v) is 9.47. The van der Waals surface area contributed by atoms with E-state index in [1.807, 2.05) is 11.9 Å². The van der Waals surface area contributed by atoms with Crippen LogP contribution in [0.15, 0.2) is 58.4 Å². The van der Waals surface area contributed by atoms with Crippen LogP contribution in [0.25, 0.3) is 11.1 Å². The maximum absolute atomic E-state index is 4.84. The van der Waals surface area contributed by atoms with Crippen LogP contribution in [0.1, 0.15) is 24.8 Å². The Morgan fingerprint density at radius 3 is 2.38 bits per heavy atom. The SMILES string of the molecule is Cc1cccc(-c2ccc(SN3CCN=C3N3CCN(C4CCC4)CC3)cc2)c1. The van der Waals surface area contributed by atoms with Crippen molar-refractivity contribution in [1.29, 1.82) is 0 Å². The van der Waals surface area contributed by atoms with Crippen molar-refractivity contribution < 1.29 is 0 Å². The van der Waals surface area contributed by atoms with Crippen LogP contribution in [0, 0.1) is 6.92 Å². The third kappa shape index (κ3) is 4.17. The fourth-order valence-corrected chi connectivity index (χ4v) is 5.40. The molecule has 2 aromatic carbocycles. The van der Waals surface area contributed by atoms with Crippen LogP contribution in [0.3, 0.4) is 0 Å². The average Bonchev–Trinajstić information content (AvgIpc) is 3.16. The Bertz CT molecular complexity index is 867. The molecule has 0 bridgehead atoms. The number of guanidine groups is 1. The first-order valence-corrected chi connectivity index (χ1v) is 11.7. The Kier molecular flexibility index (Phi) is 5.51. The molecule has 2 fully saturated rings. The van der Waals surface area contributed by atoms with E-state index in [4.69, 9.17) is 4.99 Å². The first kappa shape index (κ1) is 19.0. The van der Waals surface area contributed by atoms with Gasteiger partial charge in [-0.05, 0) is 55.0 Å². The molecule has 0 unspecified atom stereocenters. The number of nitrogens with zero attached hydrogens (tertiary/aromatic N) is 4. The molecule has 3 aliphatic rings. The van der Waals surface area contributed by atoms with Gasteiger partial charge >= 0.3 is 0 Å². The van der Waals surface area contributed by atoms with E-state index in [9.17, 15) is 0 Å². The van der Waals surface area contributed by atoms with Crippen LogP contribution in [0.2, 0.25) is 0 Å². The molecule has 2 aromatic rings. The quantitative estimate of drug-likeness (QED) is 0.697. The third-order valence-electron chi connectivity index (χ3n) is 6.39. The summed E-state index contributed by atoms with van der Waals surface area (Å²) in [6.07, 6.45) is 4.23. The van der Waals surface area contributed by atoms with Gasteiger partial charge in [0.05, 0.1) is 13.1 Å². The first-order chi connectivity index (χ1) is 14.3. The number of aryl methyl sites for hydroxylation is 1. The second-order valence-electron chi connectivity index (χ2n) is 8.38. The molecule has 1 saturated heterocycles. The van der Waals surface area contributed by atoms with Gasteiger partial charge in [-0.25, -0.2) is 0 Å². The van der Waals surface area contributed by atoms with E-state index in [0.29, 0.717) is 0 Å². The summed E-state index contributed by atoms with van der Waals surface area (Å²) in [5.74, 6) is 1.19. The van der Waals surface area contributed by atoms with Crippen molar-refractivity contribution >= 4 is 17.9 Å². The number of hydrogen-bond donors (Lipinski definition) is 0. The maximum Gasteiger partial charge on any atom is 0.207 e. The summed E-state index contributed by atoms with van der Waals surface area (Å²) in [5.41, 5.74) is 3.87. The summed E-state index contributed by atoms with van der Waals surface area (Å²) >= 11 is 1.83. The lowest BCUT2D eigenvalue weighted by Crippen LogP contribution is -2.55.